The molecular formula is C20H22ClN5O3S. The van der Waals surface area contributed by atoms with Crippen LogP contribution in [0.1, 0.15) is 19.9 Å². The molecule has 3 heterocycles. The quantitative estimate of drug-likeness (QED) is 0.610. The van der Waals surface area contributed by atoms with E-state index >= 15 is 0 Å². The molecule has 2 aromatic heterocycles. The van der Waals surface area contributed by atoms with Crippen molar-refractivity contribution in [1.82, 2.24) is 18.8 Å². The average molecular weight is 448 g/mol. The second kappa shape index (κ2) is 7.98. The Morgan fingerprint density at radius 3 is 2.50 bits per heavy atom. The van der Waals surface area contributed by atoms with Gasteiger partial charge in [-0.25, -0.2) is 13.4 Å². The van der Waals surface area contributed by atoms with Gasteiger partial charge >= 0.3 is 0 Å². The second-order valence-electron chi connectivity index (χ2n) is 7.42. The SMILES string of the molecule is CC(C)n1c(=O)c(N2CCN(S(=O)(=O)c3cccc(Cl)c3)CC2)nc2ccncc21. The van der Waals surface area contributed by atoms with Gasteiger partial charge in [0.05, 0.1) is 22.1 Å². The molecule has 0 aliphatic carbocycles. The third-order valence-electron chi connectivity index (χ3n) is 5.16. The zero-order chi connectivity index (χ0) is 21.5. The number of sulfonamides is 1. The van der Waals surface area contributed by atoms with E-state index < -0.39 is 10.0 Å². The molecule has 8 nitrogen and oxygen atoms in total. The topological polar surface area (TPSA) is 88.4 Å². The lowest BCUT2D eigenvalue weighted by Gasteiger charge is -2.34. The van der Waals surface area contributed by atoms with E-state index in [0.29, 0.717) is 35.0 Å². The van der Waals surface area contributed by atoms with E-state index in [4.69, 9.17) is 11.6 Å². The van der Waals surface area contributed by atoms with Crippen LogP contribution in [0.3, 0.4) is 0 Å². The van der Waals surface area contributed by atoms with E-state index in [0.717, 1.165) is 0 Å². The van der Waals surface area contributed by atoms with Crippen molar-refractivity contribution in [1.29, 1.82) is 0 Å². The van der Waals surface area contributed by atoms with Crippen molar-refractivity contribution in [2.45, 2.75) is 24.8 Å². The molecule has 0 N–H and O–H groups in total. The van der Waals surface area contributed by atoms with Crippen molar-refractivity contribution < 1.29 is 8.42 Å². The van der Waals surface area contributed by atoms with Crippen LogP contribution >= 0.6 is 11.6 Å². The number of benzene rings is 1. The van der Waals surface area contributed by atoms with Crippen LogP contribution in [0.25, 0.3) is 11.0 Å². The normalized spacial score (nSPS) is 15.8. The second-order valence-corrected chi connectivity index (χ2v) is 9.79. The zero-order valence-electron chi connectivity index (χ0n) is 16.7. The van der Waals surface area contributed by atoms with Crippen molar-refractivity contribution in [3.05, 3.63) is 58.1 Å². The maximum atomic E-state index is 13.1. The predicted octanol–water partition coefficient (Wildman–Crippen LogP) is 2.54. The Balaban J connectivity index is 1.63. The highest BCUT2D eigenvalue weighted by atomic mass is 35.5. The van der Waals surface area contributed by atoms with E-state index in [2.05, 4.69) is 9.97 Å². The number of piperazine rings is 1. The van der Waals surface area contributed by atoms with Gasteiger partial charge in [-0.3, -0.25) is 14.3 Å². The zero-order valence-corrected chi connectivity index (χ0v) is 18.3. The number of anilines is 1. The van der Waals surface area contributed by atoms with E-state index in [-0.39, 0.29) is 29.6 Å². The smallest absolute Gasteiger partial charge is 0.294 e. The van der Waals surface area contributed by atoms with E-state index in [1.165, 1.54) is 16.4 Å². The first-order valence-electron chi connectivity index (χ1n) is 9.66. The number of hydrogen-bond acceptors (Lipinski definition) is 6. The van der Waals surface area contributed by atoms with Crippen LogP contribution in [-0.4, -0.2) is 53.4 Å². The van der Waals surface area contributed by atoms with Gasteiger partial charge in [-0.1, -0.05) is 17.7 Å². The molecule has 4 rings (SSSR count). The van der Waals surface area contributed by atoms with Crippen LogP contribution in [0, 0.1) is 0 Å². The Kier molecular flexibility index (Phi) is 5.52. The number of hydrogen-bond donors (Lipinski definition) is 0. The minimum Gasteiger partial charge on any atom is -0.349 e. The maximum Gasteiger partial charge on any atom is 0.294 e. The van der Waals surface area contributed by atoms with E-state index in [1.54, 1.807) is 35.2 Å². The van der Waals surface area contributed by atoms with Gasteiger partial charge in [-0.15, -0.1) is 0 Å². The van der Waals surface area contributed by atoms with Crippen LogP contribution in [0.5, 0.6) is 0 Å². The molecule has 158 valence electrons. The van der Waals surface area contributed by atoms with Crippen molar-refractivity contribution in [3.8, 4) is 0 Å². The standard InChI is InChI=1S/C20H22ClN5O3S/c1-14(2)26-18-13-22-7-6-17(18)23-19(20(26)27)24-8-10-25(11-9-24)30(28,29)16-5-3-4-15(21)12-16/h3-7,12-14H,8-11H2,1-2H3. The van der Waals surface area contributed by atoms with Gasteiger partial charge in [0, 0.05) is 43.4 Å². The molecule has 1 aromatic carbocycles. The van der Waals surface area contributed by atoms with Crippen LogP contribution in [-0.2, 0) is 10.0 Å². The van der Waals surface area contributed by atoms with Gasteiger partial charge in [0.1, 0.15) is 0 Å². The predicted molar refractivity (Wildman–Crippen MR) is 117 cm³/mol. The summed E-state index contributed by atoms with van der Waals surface area (Å²) in [4.78, 5) is 23.8. The molecule has 30 heavy (non-hydrogen) atoms. The molecular weight excluding hydrogens is 426 g/mol. The Morgan fingerprint density at radius 2 is 1.83 bits per heavy atom. The lowest BCUT2D eigenvalue weighted by atomic mass is 10.3. The first-order chi connectivity index (χ1) is 14.3. The van der Waals surface area contributed by atoms with Crippen LogP contribution in [0.4, 0.5) is 5.82 Å². The Labute approximate surface area is 179 Å². The van der Waals surface area contributed by atoms with Crippen molar-refractivity contribution >= 4 is 38.5 Å². The molecule has 0 radical (unpaired) electrons. The number of rotatable bonds is 4. The molecule has 0 unspecified atom stereocenters. The molecule has 1 aliphatic heterocycles. The van der Waals surface area contributed by atoms with Crippen molar-refractivity contribution in [2.75, 3.05) is 31.1 Å². The number of halogens is 1. The summed E-state index contributed by atoms with van der Waals surface area (Å²) in [6, 6.07) is 7.96. The van der Waals surface area contributed by atoms with Gasteiger partial charge in [-0.05, 0) is 38.1 Å². The summed E-state index contributed by atoms with van der Waals surface area (Å²) in [6.45, 7) is 5.13. The molecule has 1 saturated heterocycles. The van der Waals surface area contributed by atoms with Crippen LogP contribution < -0.4 is 10.5 Å². The molecule has 0 atom stereocenters. The molecule has 0 saturated carbocycles. The van der Waals surface area contributed by atoms with Crippen molar-refractivity contribution in [3.63, 3.8) is 0 Å². The summed E-state index contributed by atoms with van der Waals surface area (Å²) in [7, 11) is -3.65. The molecule has 0 spiro atoms. The molecule has 1 fully saturated rings. The molecule has 1 aliphatic rings. The Bertz CT molecular complexity index is 1250. The largest absolute Gasteiger partial charge is 0.349 e. The average Bonchev–Trinajstić information content (AvgIpc) is 2.73. The van der Waals surface area contributed by atoms with E-state index in [9.17, 15) is 13.2 Å². The van der Waals surface area contributed by atoms with Gasteiger partial charge in [0.15, 0.2) is 5.82 Å². The maximum absolute atomic E-state index is 13.1. The highest BCUT2D eigenvalue weighted by Crippen LogP contribution is 2.23. The molecule has 0 bridgehead atoms. The van der Waals surface area contributed by atoms with Crippen LogP contribution in [0.2, 0.25) is 5.02 Å². The number of nitrogens with zero attached hydrogens (tertiary/aromatic N) is 5. The molecule has 3 aromatic rings. The van der Waals surface area contributed by atoms with Gasteiger partial charge in [0.2, 0.25) is 10.0 Å². The minimum atomic E-state index is -3.65. The monoisotopic (exact) mass is 447 g/mol. The lowest BCUT2D eigenvalue weighted by molar-refractivity contribution is 0.383. The van der Waals surface area contributed by atoms with Gasteiger partial charge < -0.3 is 4.90 Å². The fourth-order valence-electron chi connectivity index (χ4n) is 3.67. The summed E-state index contributed by atoms with van der Waals surface area (Å²) in [5.41, 5.74) is 1.17. The van der Waals surface area contributed by atoms with Crippen LogP contribution in [0.15, 0.2) is 52.4 Å². The molecule has 0 amide bonds. The summed E-state index contributed by atoms with van der Waals surface area (Å²) in [6.07, 6.45) is 3.28. The summed E-state index contributed by atoms with van der Waals surface area (Å²) in [5.74, 6) is 0.335. The number of fused-ring (bicyclic) bond motifs is 1. The van der Waals surface area contributed by atoms with Gasteiger partial charge in [0.25, 0.3) is 5.56 Å². The third kappa shape index (κ3) is 3.68. The van der Waals surface area contributed by atoms with Gasteiger partial charge in [-0.2, -0.15) is 4.31 Å². The summed E-state index contributed by atoms with van der Waals surface area (Å²) >= 11 is 5.96. The minimum absolute atomic E-state index is 0.0598. The van der Waals surface area contributed by atoms with Crippen molar-refractivity contribution in [2.24, 2.45) is 0 Å². The summed E-state index contributed by atoms with van der Waals surface area (Å²) < 4.78 is 29.0. The number of aromatic nitrogens is 3. The number of pyridine rings is 1. The highest BCUT2D eigenvalue weighted by molar-refractivity contribution is 7.89. The fraction of sp³-hybridized carbons (Fsp3) is 0.350. The third-order valence-corrected chi connectivity index (χ3v) is 7.29. The highest BCUT2D eigenvalue weighted by Gasteiger charge is 2.30. The Morgan fingerprint density at radius 1 is 1.10 bits per heavy atom. The first-order valence-corrected chi connectivity index (χ1v) is 11.5. The summed E-state index contributed by atoms with van der Waals surface area (Å²) in [5, 5.41) is 0.374. The lowest BCUT2D eigenvalue weighted by Crippen LogP contribution is -2.50. The Hall–Kier alpha value is -2.49. The molecule has 10 heteroatoms. The first kappa shape index (κ1) is 20.8. The van der Waals surface area contributed by atoms with E-state index in [1.807, 2.05) is 18.7 Å². The fourth-order valence-corrected chi connectivity index (χ4v) is 5.40.